The number of amides is 1. The zero-order chi connectivity index (χ0) is 25.9. The molecule has 1 N–H and O–H groups in total. The zero-order valence-corrected chi connectivity index (χ0v) is 20.7. The highest BCUT2D eigenvalue weighted by Gasteiger charge is 2.22. The van der Waals surface area contributed by atoms with E-state index >= 15 is 0 Å². The highest BCUT2D eigenvalue weighted by Crippen LogP contribution is 2.28. The number of carboxylic acid groups (broad SMARTS) is 1. The standard InChI is InChI=1S/C25H27N9O4/c35-25(36)33-8-6-31(7-9-33)21-3-2-18(14-28-21)20-15-29-22(32-10-12-37-13-11-32)23-30-19(16-34(20)23)17-38-24-26-4-1-5-27-24/h1-5,14-16H,6-13,17H2,(H,35,36). The van der Waals surface area contributed by atoms with E-state index in [2.05, 4.69) is 24.8 Å². The van der Waals surface area contributed by atoms with Gasteiger partial charge in [-0.2, -0.15) is 0 Å². The van der Waals surface area contributed by atoms with Gasteiger partial charge in [-0.25, -0.2) is 29.7 Å². The molecule has 2 aliphatic rings. The van der Waals surface area contributed by atoms with Gasteiger partial charge < -0.3 is 29.3 Å². The van der Waals surface area contributed by atoms with Gasteiger partial charge in [0.05, 0.1) is 30.8 Å². The molecule has 2 saturated heterocycles. The number of aromatic nitrogens is 6. The Labute approximate surface area is 218 Å². The first kappa shape index (κ1) is 23.9. The van der Waals surface area contributed by atoms with Crippen LogP contribution >= 0.6 is 0 Å². The molecule has 4 aromatic heterocycles. The monoisotopic (exact) mass is 517 g/mol. The molecule has 0 aromatic carbocycles. The molecule has 0 aliphatic carbocycles. The summed E-state index contributed by atoms with van der Waals surface area (Å²) in [6, 6.07) is 5.99. The molecule has 0 radical (unpaired) electrons. The SMILES string of the molecule is O=C(O)N1CCN(c2ccc(-c3cnc(N4CCOCC4)c4nc(COc5ncccn5)cn34)cn2)CC1. The molecule has 0 unspecified atom stereocenters. The Bertz CT molecular complexity index is 1400. The van der Waals surface area contributed by atoms with Crippen LogP contribution < -0.4 is 14.5 Å². The fraction of sp³-hybridized carbons (Fsp3) is 0.360. The Morgan fingerprint density at radius 1 is 0.947 bits per heavy atom. The second-order valence-electron chi connectivity index (χ2n) is 8.97. The summed E-state index contributed by atoms with van der Waals surface area (Å²) in [6.07, 6.45) is 7.98. The molecule has 13 nitrogen and oxygen atoms in total. The largest absolute Gasteiger partial charge is 0.465 e. The van der Waals surface area contributed by atoms with Crippen LogP contribution in [0.25, 0.3) is 16.9 Å². The lowest BCUT2D eigenvalue weighted by molar-refractivity contribution is 0.122. The average Bonchev–Trinajstić information content (AvgIpc) is 3.41. The van der Waals surface area contributed by atoms with E-state index in [0.29, 0.717) is 45.4 Å². The molecule has 2 fully saturated rings. The summed E-state index contributed by atoms with van der Waals surface area (Å²) in [5, 5.41) is 9.20. The van der Waals surface area contributed by atoms with Gasteiger partial charge in [-0.1, -0.05) is 0 Å². The maximum atomic E-state index is 11.2. The summed E-state index contributed by atoms with van der Waals surface area (Å²) >= 11 is 0. The van der Waals surface area contributed by atoms with E-state index in [1.165, 1.54) is 4.90 Å². The van der Waals surface area contributed by atoms with Crippen molar-refractivity contribution in [1.29, 1.82) is 0 Å². The summed E-state index contributed by atoms with van der Waals surface area (Å²) in [5.74, 6) is 1.61. The number of piperazine rings is 1. The van der Waals surface area contributed by atoms with Crippen LogP contribution in [0.2, 0.25) is 0 Å². The Morgan fingerprint density at radius 2 is 1.74 bits per heavy atom. The van der Waals surface area contributed by atoms with Gasteiger partial charge in [-0.3, -0.25) is 4.40 Å². The predicted molar refractivity (Wildman–Crippen MR) is 137 cm³/mol. The van der Waals surface area contributed by atoms with E-state index in [1.807, 2.05) is 35.1 Å². The van der Waals surface area contributed by atoms with Crippen LogP contribution in [-0.2, 0) is 11.3 Å². The lowest BCUT2D eigenvalue weighted by atomic mass is 10.2. The number of hydrogen-bond donors (Lipinski definition) is 1. The van der Waals surface area contributed by atoms with Crippen LogP contribution in [0.4, 0.5) is 16.4 Å². The maximum absolute atomic E-state index is 11.2. The smallest absolute Gasteiger partial charge is 0.407 e. The summed E-state index contributed by atoms with van der Waals surface area (Å²) in [6.45, 7) is 5.11. The fourth-order valence-corrected chi connectivity index (χ4v) is 4.64. The average molecular weight is 518 g/mol. The Kier molecular flexibility index (Phi) is 6.56. The third kappa shape index (κ3) is 4.87. The van der Waals surface area contributed by atoms with Crippen molar-refractivity contribution in [2.45, 2.75) is 6.61 Å². The van der Waals surface area contributed by atoms with Crippen molar-refractivity contribution >= 4 is 23.4 Å². The number of fused-ring (bicyclic) bond motifs is 1. The van der Waals surface area contributed by atoms with Gasteiger partial charge in [0.15, 0.2) is 11.5 Å². The summed E-state index contributed by atoms with van der Waals surface area (Å²) in [4.78, 5) is 39.5. The lowest BCUT2D eigenvalue weighted by Crippen LogP contribution is -2.48. The van der Waals surface area contributed by atoms with Gasteiger partial charge in [-0.05, 0) is 18.2 Å². The second kappa shape index (κ2) is 10.5. The van der Waals surface area contributed by atoms with Crippen molar-refractivity contribution in [1.82, 2.24) is 34.2 Å². The second-order valence-corrected chi connectivity index (χ2v) is 8.97. The number of hydrogen-bond acceptors (Lipinski definition) is 10. The molecule has 2 aliphatic heterocycles. The summed E-state index contributed by atoms with van der Waals surface area (Å²) in [5.41, 5.74) is 3.19. The van der Waals surface area contributed by atoms with Crippen molar-refractivity contribution < 1.29 is 19.4 Å². The molecular weight excluding hydrogens is 490 g/mol. The van der Waals surface area contributed by atoms with Crippen LogP contribution in [0.3, 0.4) is 0 Å². The van der Waals surface area contributed by atoms with Crippen molar-refractivity contribution in [2.24, 2.45) is 0 Å². The molecule has 1 amide bonds. The van der Waals surface area contributed by atoms with Gasteiger partial charge >= 0.3 is 12.1 Å². The molecular formula is C25H27N9O4. The number of anilines is 2. The Balaban J connectivity index is 1.29. The van der Waals surface area contributed by atoms with Crippen LogP contribution in [0.5, 0.6) is 6.01 Å². The van der Waals surface area contributed by atoms with Crippen LogP contribution in [0, 0.1) is 0 Å². The minimum atomic E-state index is -0.883. The van der Waals surface area contributed by atoms with E-state index in [-0.39, 0.29) is 6.61 Å². The van der Waals surface area contributed by atoms with Crippen LogP contribution in [0.1, 0.15) is 5.69 Å². The van der Waals surface area contributed by atoms with Crippen LogP contribution in [0.15, 0.2) is 49.2 Å². The van der Waals surface area contributed by atoms with Gasteiger partial charge in [-0.15, -0.1) is 0 Å². The molecule has 0 bridgehead atoms. The first-order chi connectivity index (χ1) is 18.7. The van der Waals surface area contributed by atoms with E-state index in [0.717, 1.165) is 47.3 Å². The molecule has 0 atom stereocenters. The molecule has 6 heterocycles. The maximum Gasteiger partial charge on any atom is 0.407 e. The number of carbonyl (C=O) groups is 1. The van der Waals surface area contributed by atoms with Crippen molar-refractivity contribution in [3.63, 3.8) is 0 Å². The van der Waals surface area contributed by atoms with E-state index in [9.17, 15) is 9.90 Å². The molecule has 13 heteroatoms. The first-order valence-corrected chi connectivity index (χ1v) is 12.4. The number of pyridine rings is 1. The normalized spacial score (nSPS) is 16.2. The van der Waals surface area contributed by atoms with Crippen LogP contribution in [-0.4, -0.2) is 97.9 Å². The molecule has 6 rings (SSSR count). The van der Waals surface area contributed by atoms with E-state index in [4.69, 9.17) is 19.4 Å². The third-order valence-electron chi connectivity index (χ3n) is 6.64. The number of morpholine rings is 1. The van der Waals surface area contributed by atoms with Crippen molar-refractivity contribution in [3.05, 3.63) is 54.9 Å². The topological polar surface area (TPSA) is 134 Å². The third-order valence-corrected chi connectivity index (χ3v) is 6.64. The van der Waals surface area contributed by atoms with Gasteiger partial charge in [0.2, 0.25) is 0 Å². The van der Waals surface area contributed by atoms with Gasteiger partial charge in [0, 0.05) is 69.6 Å². The highest BCUT2D eigenvalue weighted by molar-refractivity contribution is 5.72. The number of imidazole rings is 1. The molecule has 196 valence electrons. The summed E-state index contributed by atoms with van der Waals surface area (Å²) in [7, 11) is 0. The molecule has 0 spiro atoms. The van der Waals surface area contributed by atoms with Gasteiger partial charge in [0.1, 0.15) is 12.4 Å². The first-order valence-electron chi connectivity index (χ1n) is 12.4. The van der Waals surface area contributed by atoms with E-state index in [1.54, 1.807) is 18.5 Å². The highest BCUT2D eigenvalue weighted by atomic mass is 16.5. The molecule has 4 aromatic rings. The minimum Gasteiger partial charge on any atom is -0.465 e. The van der Waals surface area contributed by atoms with Gasteiger partial charge in [0.25, 0.3) is 0 Å². The molecule has 0 saturated carbocycles. The number of ether oxygens (including phenoxy) is 2. The molecule has 38 heavy (non-hydrogen) atoms. The number of rotatable bonds is 6. The van der Waals surface area contributed by atoms with E-state index < -0.39 is 6.09 Å². The summed E-state index contributed by atoms with van der Waals surface area (Å²) < 4.78 is 13.3. The van der Waals surface area contributed by atoms with Crippen molar-refractivity contribution in [2.75, 3.05) is 62.3 Å². The fourth-order valence-electron chi connectivity index (χ4n) is 4.64. The quantitative estimate of drug-likeness (QED) is 0.401. The zero-order valence-electron chi connectivity index (χ0n) is 20.7. The minimum absolute atomic E-state index is 0.215. The predicted octanol–water partition coefficient (Wildman–Crippen LogP) is 1.80. The Hall–Kier alpha value is -4.52. The lowest BCUT2D eigenvalue weighted by Gasteiger charge is -2.33. The Morgan fingerprint density at radius 3 is 2.45 bits per heavy atom. The number of nitrogens with zero attached hydrogens (tertiary/aromatic N) is 9. The van der Waals surface area contributed by atoms with Crippen molar-refractivity contribution in [3.8, 4) is 17.3 Å².